The molecule has 1 amide bonds. The van der Waals surface area contributed by atoms with Crippen molar-refractivity contribution >= 4 is 23.3 Å². The second kappa shape index (κ2) is 10.4. The summed E-state index contributed by atoms with van der Waals surface area (Å²) >= 11 is 0. The van der Waals surface area contributed by atoms with E-state index in [4.69, 9.17) is 15.6 Å². The molecule has 2 aliphatic carbocycles. The van der Waals surface area contributed by atoms with E-state index in [2.05, 4.69) is 29.5 Å². The Morgan fingerprint density at radius 3 is 2.47 bits per heavy atom. The molecule has 2 aromatic rings. The van der Waals surface area contributed by atoms with Gasteiger partial charge in [-0.05, 0) is 42.9 Å². The van der Waals surface area contributed by atoms with E-state index in [-0.39, 0.29) is 17.7 Å². The van der Waals surface area contributed by atoms with Crippen LogP contribution in [-0.4, -0.2) is 39.9 Å². The van der Waals surface area contributed by atoms with Crippen molar-refractivity contribution in [2.75, 3.05) is 11.9 Å². The van der Waals surface area contributed by atoms with Gasteiger partial charge in [0.1, 0.15) is 0 Å². The molecular weight excluding hydrogens is 460 g/mol. The molecule has 36 heavy (non-hydrogen) atoms. The van der Waals surface area contributed by atoms with Crippen molar-refractivity contribution in [2.24, 2.45) is 16.9 Å². The molecule has 194 valence electrons. The smallest absolute Gasteiger partial charge is 0.317 e. The van der Waals surface area contributed by atoms with Gasteiger partial charge in [-0.2, -0.15) is 0 Å². The number of nitrogens with zero attached hydrogens (tertiary/aromatic N) is 1. The van der Waals surface area contributed by atoms with Gasteiger partial charge in [0.15, 0.2) is 5.78 Å². The highest BCUT2D eigenvalue weighted by molar-refractivity contribution is 6.01. The number of amides is 1. The van der Waals surface area contributed by atoms with E-state index in [9.17, 15) is 14.4 Å². The quantitative estimate of drug-likeness (QED) is 0.494. The summed E-state index contributed by atoms with van der Waals surface area (Å²) in [5.41, 5.74) is 16.5. The lowest BCUT2D eigenvalue weighted by Gasteiger charge is -2.30. The highest BCUT2D eigenvalue weighted by Gasteiger charge is 2.39. The molecule has 9 nitrogen and oxygen atoms in total. The van der Waals surface area contributed by atoms with Crippen LogP contribution in [0.5, 0.6) is 0 Å². The molecule has 0 radical (unpaired) electrons. The maximum atomic E-state index is 13.0. The fourth-order valence-corrected chi connectivity index (χ4v) is 5.60. The number of anilines is 1. The second-order valence-corrected chi connectivity index (χ2v) is 10.7. The van der Waals surface area contributed by atoms with Crippen molar-refractivity contribution in [3.05, 3.63) is 46.3 Å². The number of nitrogens with one attached hydrogen (secondary N) is 1. The van der Waals surface area contributed by atoms with Crippen LogP contribution in [0.25, 0.3) is 5.69 Å². The second-order valence-electron chi connectivity index (χ2n) is 10.7. The van der Waals surface area contributed by atoms with Crippen LogP contribution in [0.1, 0.15) is 90.0 Å². The Labute approximate surface area is 211 Å². The number of carboxylic acid groups (broad SMARTS) is 1. The Kier molecular flexibility index (Phi) is 7.51. The molecule has 3 aliphatic rings. The fourth-order valence-electron chi connectivity index (χ4n) is 5.60. The third-order valence-electron chi connectivity index (χ3n) is 7.19. The standard InChI is InChI=1S/C25H31N3O3.C2H5NO2/c1-25(2)11-20-23(22(29)12-25)18-13-31-14-21(18)28(20)16-8-9-17(24(26)30)19(10-16)27-15-6-4-3-5-7-15;3-1-2(4)5/h8-10,15,27H,3-7,11-14H2,1-2H3,(H2,26,30);1,3H2,(H,4,5). The summed E-state index contributed by atoms with van der Waals surface area (Å²) in [6.07, 6.45) is 7.29. The number of ether oxygens (including phenoxy) is 1. The first-order valence-corrected chi connectivity index (χ1v) is 12.6. The van der Waals surface area contributed by atoms with E-state index in [1.807, 2.05) is 18.2 Å². The van der Waals surface area contributed by atoms with Crippen LogP contribution in [0.4, 0.5) is 5.69 Å². The molecule has 6 N–H and O–H groups in total. The number of primary amides is 1. The van der Waals surface area contributed by atoms with Gasteiger partial charge in [0, 0.05) is 40.7 Å². The van der Waals surface area contributed by atoms with Crippen molar-refractivity contribution in [3.63, 3.8) is 0 Å². The Balaban J connectivity index is 0.000000556. The summed E-state index contributed by atoms with van der Waals surface area (Å²) in [4.78, 5) is 34.4. The molecule has 0 unspecified atom stereocenters. The highest BCUT2D eigenvalue weighted by atomic mass is 16.5. The van der Waals surface area contributed by atoms with E-state index in [0.717, 1.165) is 53.2 Å². The Bertz CT molecular complexity index is 1180. The zero-order valence-corrected chi connectivity index (χ0v) is 21.1. The van der Waals surface area contributed by atoms with E-state index in [1.54, 1.807) is 0 Å². The predicted octanol–water partition coefficient (Wildman–Crippen LogP) is 3.54. The van der Waals surface area contributed by atoms with Gasteiger partial charge < -0.3 is 31.2 Å². The minimum absolute atomic E-state index is 0.0783. The lowest BCUT2D eigenvalue weighted by molar-refractivity contribution is -0.135. The molecule has 0 saturated heterocycles. The average molecular weight is 497 g/mol. The molecule has 0 bridgehead atoms. The molecule has 0 spiro atoms. The van der Waals surface area contributed by atoms with Crippen LogP contribution < -0.4 is 16.8 Å². The number of nitrogens with two attached hydrogens (primary N) is 2. The van der Waals surface area contributed by atoms with Crippen molar-refractivity contribution in [2.45, 2.75) is 78.0 Å². The number of benzene rings is 1. The van der Waals surface area contributed by atoms with E-state index >= 15 is 0 Å². The molecule has 1 fully saturated rings. The topological polar surface area (TPSA) is 150 Å². The van der Waals surface area contributed by atoms with Crippen LogP contribution >= 0.6 is 0 Å². The summed E-state index contributed by atoms with van der Waals surface area (Å²) in [6.45, 7) is 5.01. The maximum absolute atomic E-state index is 13.0. The van der Waals surface area contributed by atoms with Gasteiger partial charge in [-0.1, -0.05) is 33.1 Å². The van der Waals surface area contributed by atoms with Gasteiger partial charge in [-0.15, -0.1) is 0 Å². The fraction of sp³-hybridized carbons (Fsp3) is 0.519. The van der Waals surface area contributed by atoms with E-state index in [1.165, 1.54) is 19.3 Å². The molecular formula is C27H36N4O5. The lowest BCUT2D eigenvalue weighted by Crippen LogP contribution is -2.28. The first kappa shape index (κ1) is 25.9. The van der Waals surface area contributed by atoms with Crippen molar-refractivity contribution < 1.29 is 24.2 Å². The largest absolute Gasteiger partial charge is 0.480 e. The number of fused-ring (bicyclic) bond motifs is 3. The minimum atomic E-state index is -0.968. The lowest BCUT2D eigenvalue weighted by atomic mass is 9.75. The average Bonchev–Trinajstić information content (AvgIpc) is 3.39. The van der Waals surface area contributed by atoms with Gasteiger partial charge >= 0.3 is 5.97 Å². The zero-order valence-electron chi connectivity index (χ0n) is 21.1. The first-order valence-electron chi connectivity index (χ1n) is 12.6. The number of hydrogen-bond donors (Lipinski definition) is 4. The van der Waals surface area contributed by atoms with Crippen molar-refractivity contribution in [1.82, 2.24) is 4.57 Å². The summed E-state index contributed by atoms with van der Waals surface area (Å²) in [7, 11) is 0. The number of rotatable bonds is 5. The summed E-state index contributed by atoms with van der Waals surface area (Å²) in [5, 5.41) is 11.2. The molecule has 1 saturated carbocycles. The van der Waals surface area contributed by atoms with Crippen LogP contribution in [0.2, 0.25) is 0 Å². The zero-order chi connectivity index (χ0) is 26.0. The number of carboxylic acids is 1. The first-order chi connectivity index (χ1) is 17.1. The molecule has 1 aromatic heterocycles. The van der Waals surface area contributed by atoms with Crippen LogP contribution in [0.3, 0.4) is 0 Å². The summed E-state index contributed by atoms with van der Waals surface area (Å²) < 4.78 is 7.94. The molecule has 1 aromatic carbocycles. The monoisotopic (exact) mass is 496 g/mol. The molecule has 2 heterocycles. The van der Waals surface area contributed by atoms with Crippen LogP contribution in [-0.2, 0) is 29.2 Å². The number of aromatic nitrogens is 1. The normalized spacial score (nSPS) is 18.6. The summed E-state index contributed by atoms with van der Waals surface area (Å²) in [6, 6.07) is 6.14. The molecule has 0 atom stereocenters. The molecule has 9 heteroatoms. The van der Waals surface area contributed by atoms with Crippen LogP contribution in [0.15, 0.2) is 18.2 Å². The highest BCUT2D eigenvalue weighted by Crippen LogP contribution is 2.42. The Hall–Kier alpha value is -3.17. The van der Waals surface area contributed by atoms with Crippen molar-refractivity contribution in [1.29, 1.82) is 0 Å². The van der Waals surface area contributed by atoms with Gasteiger partial charge in [-0.3, -0.25) is 14.4 Å². The molecule has 1 aliphatic heterocycles. The third kappa shape index (κ3) is 5.32. The Morgan fingerprint density at radius 1 is 1.14 bits per heavy atom. The van der Waals surface area contributed by atoms with Gasteiger partial charge in [-0.25, -0.2) is 0 Å². The number of hydrogen-bond acceptors (Lipinski definition) is 6. The number of ketones is 1. The molecule has 5 rings (SSSR count). The number of carbonyl (C=O) groups excluding carboxylic acids is 2. The Morgan fingerprint density at radius 2 is 1.83 bits per heavy atom. The van der Waals surface area contributed by atoms with E-state index < -0.39 is 11.9 Å². The maximum Gasteiger partial charge on any atom is 0.317 e. The number of carbonyl (C=O) groups is 3. The van der Waals surface area contributed by atoms with E-state index in [0.29, 0.717) is 31.2 Å². The van der Waals surface area contributed by atoms with Gasteiger partial charge in [0.05, 0.1) is 31.0 Å². The number of aliphatic carboxylic acids is 1. The third-order valence-corrected chi connectivity index (χ3v) is 7.19. The van der Waals surface area contributed by atoms with Crippen LogP contribution in [0, 0.1) is 5.41 Å². The SMILES string of the molecule is CC1(C)CC(=O)c2c3c(n(-c4ccc(C(N)=O)c(NC5CCCCC5)c4)c2C1)COC3.NCC(=O)O. The van der Waals surface area contributed by atoms with Crippen molar-refractivity contribution in [3.8, 4) is 5.69 Å². The van der Waals surface area contributed by atoms with Gasteiger partial charge in [0.2, 0.25) is 0 Å². The number of Topliss-reactive ketones (excluding diaryl/α,β-unsaturated/α-hetero) is 1. The summed E-state index contributed by atoms with van der Waals surface area (Å²) in [5.74, 6) is -1.18. The predicted molar refractivity (Wildman–Crippen MR) is 136 cm³/mol. The van der Waals surface area contributed by atoms with Gasteiger partial charge in [0.25, 0.3) is 5.91 Å². The minimum Gasteiger partial charge on any atom is -0.480 e.